The maximum Gasteiger partial charge on any atom is 0.123 e. The maximum absolute atomic E-state index is 9.66. The zero-order valence-corrected chi connectivity index (χ0v) is 10.2. The number of hydrogen-bond acceptors (Lipinski definition) is 2. The summed E-state index contributed by atoms with van der Waals surface area (Å²) in [5.74, 6) is 1.22. The van der Waals surface area contributed by atoms with Gasteiger partial charge in [0.2, 0.25) is 0 Å². The molecule has 0 amide bonds. The number of rotatable bonds is 2. The van der Waals surface area contributed by atoms with E-state index in [0.29, 0.717) is 5.75 Å². The van der Waals surface area contributed by atoms with Crippen LogP contribution in [0.3, 0.4) is 0 Å². The van der Waals surface area contributed by atoms with Gasteiger partial charge in [-0.25, -0.2) is 0 Å². The Bertz CT molecular complexity index is 348. The predicted molar refractivity (Wildman–Crippen MR) is 62.6 cm³/mol. The van der Waals surface area contributed by atoms with Crippen molar-refractivity contribution in [1.29, 1.82) is 0 Å². The van der Waals surface area contributed by atoms with Crippen molar-refractivity contribution in [3.63, 3.8) is 0 Å². The second kappa shape index (κ2) is 4.13. The van der Waals surface area contributed by atoms with Crippen LogP contribution in [0.2, 0.25) is 0 Å². The lowest BCUT2D eigenvalue weighted by Crippen LogP contribution is -2.23. The lowest BCUT2D eigenvalue weighted by atomic mass is 10.1. The highest BCUT2D eigenvalue weighted by Crippen LogP contribution is 2.30. The first-order chi connectivity index (χ1) is 6.83. The molecule has 0 aliphatic rings. The van der Waals surface area contributed by atoms with Crippen LogP contribution >= 0.6 is 0 Å². The average Bonchev–Trinajstić information content (AvgIpc) is 2.07. The third-order valence-corrected chi connectivity index (χ3v) is 2.17. The second-order valence-electron chi connectivity index (χ2n) is 4.81. The number of aromatic hydroxyl groups is 1. The second-order valence-corrected chi connectivity index (χ2v) is 4.81. The molecule has 2 heteroatoms. The summed E-state index contributed by atoms with van der Waals surface area (Å²) < 4.78 is 5.82. The van der Waals surface area contributed by atoms with E-state index >= 15 is 0 Å². The molecule has 0 radical (unpaired) electrons. The summed E-state index contributed by atoms with van der Waals surface area (Å²) in [5, 5.41) is 9.66. The van der Waals surface area contributed by atoms with Gasteiger partial charge in [0.1, 0.15) is 17.1 Å². The zero-order chi connectivity index (χ0) is 11.6. The molecule has 0 aliphatic heterocycles. The number of ether oxygens (including phenoxy) is 1. The van der Waals surface area contributed by atoms with Gasteiger partial charge in [-0.3, -0.25) is 0 Å². The molecule has 0 bridgehead atoms. The third-order valence-electron chi connectivity index (χ3n) is 2.17. The molecule has 0 spiro atoms. The fourth-order valence-corrected chi connectivity index (χ4v) is 1.44. The minimum atomic E-state index is -0.202. The van der Waals surface area contributed by atoms with E-state index in [2.05, 4.69) is 0 Å². The van der Waals surface area contributed by atoms with Gasteiger partial charge in [-0.2, -0.15) is 0 Å². The first-order valence-corrected chi connectivity index (χ1v) is 5.35. The van der Waals surface area contributed by atoms with Gasteiger partial charge in [-0.15, -0.1) is 0 Å². The third kappa shape index (κ3) is 3.15. The van der Waals surface area contributed by atoms with Crippen molar-refractivity contribution in [3.05, 3.63) is 23.3 Å². The van der Waals surface area contributed by atoms with Crippen molar-refractivity contribution in [2.45, 2.75) is 46.6 Å². The van der Waals surface area contributed by atoms with Crippen LogP contribution in [0.25, 0.3) is 0 Å². The SMILES string of the molecule is CCc1cc(OC(C)(C)C)c(C)cc1O. The maximum atomic E-state index is 9.66. The molecule has 15 heavy (non-hydrogen) atoms. The molecule has 2 nitrogen and oxygen atoms in total. The van der Waals surface area contributed by atoms with Crippen LogP contribution in [-0.4, -0.2) is 10.7 Å². The molecule has 1 aromatic carbocycles. The Morgan fingerprint density at radius 2 is 1.87 bits per heavy atom. The molecule has 0 saturated heterocycles. The Labute approximate surface area is 91.9 Å². The molecule has 0 atom stereocenters. The van der Waals surface area contributed by atoms with Gasteiger partial charge in [0.15, 0.2) is 0 Å². The van der Waals surface area contributed by atoms with Crippen LogP contribution in [0.5, 0.6) is 11.5 Å². The van der Waals surface area contributed by atoms with Crippen LogP contribution in [-0.2, 0) is 6.42 Å². The van der Waals surface area contributed by atoms with Gasteiger partial charge in [0.05, 0.1) is 0 Å². The van der Waals surface area contributed by atoms with E-state index in [9.17, 15) is 5.11 Å². The van der Waals surface area contributed by atoms with Crippen molar-refractivity contribution in [1.82, 2.24) is 0 Å². The van der Waals surface area contributed by atoms with E-state index < -0.39 is 0 Å². The van der Waals surface area contributed by atoms with E-state index in [4.69, 9.17) is 4.74 Å². The fourth-order valence-electron chi connectivity index (χ4n) is 1.44. The Hall–Kier alpha value is -1.18. The van der Waals surface area contributed by atoms with Gasteiger partial charge in [-0.05, 0) is 57.4 Å². The summed E-state index contributed by atoms with van der Waals surface area (Å²) in [5.41, 5.74) is 1.70. The lowest BCUT2D eigenvalue weighted by Gasteiger charge is -2.23. The Balaban J connectivity index is 3.08. The minimum absolute atomic E-state index is 0.202. The molecular weight excluding hydrogens is 188 g/mol. The van der Waals surface area contributed by atoms with Gasteiger partial charge >= 0.3 is 0 Å². The number of benzene rings is 1. The van der Waals surface area contributed by atoms with Gasteiger partial charge in [-0.1, -0.05) is 6.92 Å². The molecule has 84 valence electrons. The highest BCUT2D eigenvalue weighted by molar-refractivity contribution is 5.45. The average molecular weight is 208 g/mol. The molecule has 0 aliphatic carbocycles. The van der Waals surface area contributed by atoms with Gasteiger partial charge < -0.3 is 9.84 Å². The van der Waals surface area contributed by atoms with Crippen molar-refractivity contribution >= 4 is 0 Å². The Kier molecular flexibility index (Phi) is 3.28. The van der Waals surface area contributed by atoms with E-state index in [1.54, 1.807) is 6.07 Å². The standard InChI is InChI=1S/C13H20O2/c1-6-10-8-12(15-13(3,4)5)9(2)7-11(10)14/h7-8,14H,6H2,1-5H3. The molecule has 0 unspecified atom stereocenters. The quantitative estimate of drug-likeness (QED) is 0.806. The molecule has 1 aromatic rings. The number of hydrogen-bond donors (Lipinski definition) is 1. The van der Waals surface area contributed by atoms with Crippen LogP contribution < -0.4 is 4.74 Å². The fraction of sp³-hybridized carbons (Fsp3) is 0.538. The summed E-state index contributed by atoms with van der Waals surface area (Å²) in [6.07, 6.45) is 0.812. The summed E-state index contributed by atoms with van der Waals surface area (Å²) in [6, 6.07) is 3.69. The minimum Gasteiger partial charge on any atom is -0.508 e. The van der Waals surface area contributed by atoms with Crippen LogP contribution in [0.4, 0.5) is 0 Å². The van der Waals surface area contributed by atoms with Crippen molar-refractivity contribution < 1.29 is 9.84 Å². The molecule has 0 saturated carbocycles. The van der Waals surface area contributed by atoms with Crippen molar-refractivity contribution in [2.75, 3.05) is 0 Å². The van der Waals surface area contributed by atoms with Crippen molar-refractivity contribution in [2.24, 2.45) is 0 Å². The molecule has 0 heterocycles. The summed E-state index contributed by atoms with van der Waals surface area (Å²) in [7, 11) is 0. The number of phenolic OH excluding ortho intramolecular Hbond substituents is 1. The first kappa shape index (κ1) is 11.9. The summed E-state index contributed by atoms with van der Waals surface area (Å²) in [4.78, 5) is 0. The van der Waals surface area contributed by atoms with Gasteiger partial charge in [0, 0.05) is 0 Å². The van der Waals surface area contributed by atoms with Crippen LogP contribution in [0.1, 0.15) is 38.8 Å². The normalized spacial score (nSPS) is 11.5. The van der Waals surface area contributed by atoms with Crippen molar-refractivity contribution in [3.8, 4) is 11.5 Å². The zero-order valence-electron chi connectivity index (χ0n) is 10.2. The molecular formula is C13H20O2. The molecule has 0 aromatic heterocycles. The molecule has 1 rings (SSSR count). The van der Waals surface area contributed by atoms with Crippen LogP contribution in [0, 0.1) is 6.92 Å². The lowest BCUT2D eigenvalue weighted by molar-refractivity contribution is 0.129. The Morgan fingerprint density at radius 3 is 2.33 bits per heavy atom. The largest absolute Gasteiger partial charge is 0.508 e. The highest BCUT2D eigenvalue weighted by Gasteiger charge is 2.14. The number of phenols is 1. The van der Waals surface area contributed by atoms with E-state index in [0.717, 1.165) is 23.3 Å². The molecule has 1 N–H and O–H groups in total. The highest BCUT2D eigenvalue weighted by atomic mass is 16.5. The Morgan fingerprint density at radius 1 is 1.27 bits per heavy atom. The van der Waals surface area contributed by atoms with E-state index in [1.807, 2.05) is 40.7 Å². The monoisotopic (exact) mass is 208 g/mol. The molecule has 0 fully saturated rings. The van der Waals surface area contributed by atoms with Crippen LogP contribution in [0.15, 0.2) is 12.1 Å². The number of aryl methyl sites for hydroxylation is 2. The summed E-state index contributed by atoms with van der Waals surface area (Å²) in [6.45, 7) is 10.0. The van der Waals surface area contributed by atoms with E-state index in [-0.39, 0.29) is 5.60 Å². The van der Waals surface area contributed by atoms with Gasteiger partial charge in [0.25, 0.3) is 0 Å². The summed E-state index contributed by atoms with van der Waals surface area (Å²) >= 11 is 0. The first-order valence-electron chi connectivity index (χ1n) is 5.35. The predicted octanol–water partition coefficient (Wildman–Crippen LogP) is 3.44. The topological polar surface area (TPSA) is 29.5 Å². The smallest absolute Gasteiger partial charge is 0.123 e. The van der Waals surface area contributed by atoms with E-state index in [1.165, 1.54) is 0 Å².